The van der Waals surface area contributed by atoms with Crippen LogP contribution in [0.3, 0.4) is 0 Å². The van der Waals surface area contributed by atoms with Crippen molar-refractivity contribution in [3.8, 4) is 0 Å². The van der Waals surface area contributed by atoms with Crippen LogP contribution in [0, 0.1) is 0 Å². The number of esters is 1. The molecule has 1 heterocycles. The van der Waals surface area contributed by atoms with Gasteiger partial charge in [-0.15, -0.1) is 0 Å². The third-order valence-corrected chi connectivity index (χ3v) is 2.64. The smallest absolute Gasteiger partial charge is 0.333 e. The van der Waals surface area contributed by atoms with Gasteiger partial charge in [-0.2, -0.15) is 0 Å². The van der Waals surface area contributed by atoms with Gasteiger partial charge in [0.25, 0.3) is 0 Å². The van der Waals surface area contributed by atoms with E-state index in [0.29, 0.717) is 25.2 Å². The zero-order valence-electron chi connectivity index (χ0n) is 8.25. The summed E-state index contributed by atoms with van der Waals surface area (Å²) in [6.45, 7) is 1.24. The van der Waals surface area contributed by atoms with Gasteiger partial charge in [-0.1, -0.05) is 6.08 Å². The van der Waals surface area contributed by atoms with E-state index in [1.54, 1.807) is 0 Å². The van der Waals surface area contributed by atoms with Crippen LogP contribution in [0.2, 0.25) is 0 Å². The number of ether oxygens (including phenoxy) is 3. The number of hydrogen-bond donors (Lipinski definition) is 0. The first-order valence-corrected chi connectivity index (χ1v) is 4.81. The molecule has 0 amide bonds. The zero-order chi connectivity index (χ0) is 10.0. The van der Waals surface area contributed by atoms with Gasteiger partial charge in [-0.3, -0.25) is 0 Å². The molecule has 2 rings (SSSR count). The van der Waals surface area contributed by atoms with Crippen molar-refractivity contribution in [1.82, 2.24) is 0 Å². The fraction of sp³-hybridized carbons (Fsp3) is 0.700. The number of allylic oxidation sites excluding steroid dienone is 1. The summed E-state index contributed by atoms with van der Waals surface area (Å²) in [5.74, 6) is -0.818. The van der Waals surface area contributed by atoms with Gasteiger partial charge in [-0.25, -0.2) is 4.79 Å². The average Bonchev–Trinajstić information content (AvgIpc) is 2.65. The summed E-state index contributed by atoms with van der Waals surface area (Å²) >= 11 is 0. The van der Waals surface area contributed by atoms with E-state index in [4.69, 9.17) is 9.47 Å². The minimum absolute atomic E-state index is 0.275. The highest BCUT2D eigenvalue weighted by Gasteiger charge is 2.40. The quantitative estimate of drug-likeness (QED) is 0.590. The lowest BCUT2D eigenvalue weighted by Crippen LogP contribution is -2.34. The van der Waals surface area contributed by atoms with E-state index >= 15 is 0 Å². The van der Waals surface area contributed by atoms with E-state index in [0.717, 1.165) is 12.8 Å². The molecule has 0 bridgehead atoms. The topological polar surface area (TPSA) is 44.8 Å². The molecule has 14 heavy (non-hydrogen) atoms. The molecule has 0 atom stereocenters. The summed E-state index contributed by atoms with van der Waals surface area (Å²) in [5.41, 5.74) is 0.667. The second kappa shape index (κ2) is 3.71. The number of carbonyl (C=O) groups is 1. The zero-order valence-corrected chi connectivity index (χ0v) is 8.25. The number of methoxy groups -OCH3 is 1. The summed E-state index contributed by atoms with van der Waals surface area (Å²) in [7, 11) is 1.39. The van der Waals surface area contributed by atoms with Crippen molar-refractivity contribution in [2.24, 2.45) is 0 Å². The summed E-state index contributed by atoms with van der Waals surface area (Å²) < 4.78 is 15.7. The van der Waals surface area contributed by atoms with E-state index in [2.05, 4.69) is 4.74 Å². The summed E-state index contributed by atoms with van der Waals surface area (Å²) in [6.07, 6.45) is 4.06. The molecule has 1 saturated heterocycles. The molecule has 78 valence electrons. The normalized spacial score (nSPS) is 24.8. The molecule has 1 spiro atoms. The molecule has 1 fully saturated rings. The number of carbonyl (C=O) groups excluding carboxylic acids is 1. The fourth-order valence-electron chi connectivity index (χ4n) is 1.95. The number of rotatable bonds is 1. The van der Waals surface area contributed by atoms with E-state index in [1.165, 1.54) is 7.11 Å². The predicted octanol–water partition coefficient (Wildman–Crippen LogP) is 1.01. The van der Waals surface area contributed by atoms with Crippen LogP contribution in [0.4, 0.5) is 0 Å². The number of hydrogen-bond acceptors (Lipinski definition) is 4. The van der Waals surface area contributed by atoms with Crippen molar-refractivity contribution < 1.29 is 19.0 Å². The third kappa shape index (κ3) is 1.67. The van der Waals surface area contributed by atoms with Gasteiger partial charge in [0.1, 0.15) is 0 Å². The van der Waals surface area contributed by atoms with Crippen LogP contribution in [0.25, 0.3) is 0 Å². The van der Waals surface area contributed by atoms with Gasteiger partial charge in [0.2, 0.25) is 0 Å². The molecule has 0 unspecified atom stereocenters. The molecule has 0 saturated carbocycles. The van der Waals surface area contributed by atoms with Gasteiger partial charge in [-0.05, 0) is 6.42 Å². The highest BCUT2D eigenvalue weighted by Crippen LogP contribution is 2.35. The maximum atomic E-state index is 11.3. The Morgan fingerprint density at radius 3 is 2.86 bits per heavy atom. The first kappa shape index (κ1) is 9.68. The van der Waals surface area contributed by atoms with Gasteiger partial charge in [0, 0.05) is 18.4 Å². The highest BCUT2D eigenvalue weighted by molar-refractivity contribution is 5.88. The van der Waals surface area contributed by atoms with Crippen LogP contribution in [0.15, 0.2) is 11.6 Å². The SMILES string of the molecule is COC(=O)C1=CCCC2(C1)OCCO2. The maximum absolute atomic E-state index is 11.3. The maximum Gasteiger partial charge on any atom is 0.333 e. The molecule has 1 aliphatic heterocycles. The van der Waals surface area contributed by atoms with Crippen LogP contribution in [-0.4, -0.2) is 32.1 Å². The lowest BCUT2D eigenvalue weighted by molar-refractivity contribution is -0.167. The second-order valence-corrected chi connectivity index (χ2v) is 3.54. The van der Waals surface area contributed by atoms with Crippen molar-refractivity contribution in [3.05, 3.63) is 11.6 Å². The minimum Gasteiger partial charge on any atom is -0.466 e. The summed E-state index contributed by atoms with van der Waals surface area (Å²) in [5, 5.41) is 0. The Hall–Kier alpha value is -0.870. The van der Waals surface area contributed by atoms with Crippen LogP contribution in [0.5, 0.6) is 0 Å². The lowest BCUT2D eigenvalue weighted by atomic mass is 9.93. The molecule has 4 nitrogen and oxygen atoms in total. The molecule has 0 radical (unpaired) electrons. The molecule has 0 aromatic rings. The highest BCUT2D eigenvalue weighted by atomic mass is 16.7. The molecule has 0 aromatic carbocycles. The van der Waals surface area contributed by atoms with Crippen LogP contribution < -0.4 is 0 Å². The van der Waals surface area contributed by atoms with E-state index in [1.807, 2.05) is 6.08 Å². The Balaban J connectivity index is 2.08. The standard InChI is InChI=1S/C10H14O4/c1-12-9(11)8-3-2-4-10(7-8)13-5-6-14-10/h3H,2,4-7H2,1H3. The fourth-order valence-corrected chi connectivity index (χ4v) is 1.95. The van der Waals surface area contributed by atoms with Gasteiger partial charge in [0.05, 0.1) is 20.3 Å². The molecule has 2 aliphatic rings. The molecule has 0 aromatic heterocycles. The minimum atomic E-state index is -0.543. The molecule has 4 heteroatoms. The van der Waals surface area contributed by atoms with Gasteiger partial charge < -0.3 is 14.2 Å². The van der Waals surface area contributed by atoms with Gasteiger partial charge >= 0.3 is 5.97 Å². The van der Waals surface area contributed by atoms with Crippen LogP contribution in [0.1, 0.15) is 19.3 Å². The summed E-state index contributed by atoms with van der Waals surface area (Å²) in [4.78, 5) is 11.3. The largest absolute Gasteiger partial charge is 0.466 e. The first-order valence-electron chi connectivity index (χ1n) is 4.81. The molecule has 1 aliphatic carbocycles. The van der Waals surface area contributed by atoms with E-state index in [9.17, 15) is 4.79 Å². The Morgan fingerprint density at radius 2 is 2.21 bits per heavy atom. The van der Waals surface area contributed by atoms with E-state index in [-0.39, 0.29) is 5.97 Å². The predicted molar refractivity (Wildman–Crippen MR) is 48.6 cm³/mol. The molecular weight excluding hydrogens is 184 g/mol. The van der Waals surface area contributed by atoms with Gasteiger partial charge in [0.15, 0.2) is 5.79 Å². The Labute approximate surface area is 82.8 Å². The molecule has 0 N–H and O–H groups in total. The van der Waals surface area contributed by atoms with E-state index < -0.39 is 5.79 Å². The monoisotopic (exact) mass is 198 g/mol. The average molecular weight is 198 g/mol. The molecular formula is C10H14O4. The Bertz CT molecular complexity index is 263. The van der Waals surface area contributed by atoms with Crippen molar-refractivity contribution in [1.29, 1.82) is 0 Å². The van der Waals surface area contributed by atoms with Crippen molar-refractivity contribution in [3.63, 3.8) is 0 Å². The summed E-state index contributed by atoms with van der Waals surface area (Å²) in [6, 6.07) is 0. The van der Waals surface area contributed by atoms with Crippen molar-refractivity contribution in [2.45, 2.75) is 25.0 Å². The second-order valence-electron chi connectivity index (χ2n) is 3.54. The van der Waals surface area contributed by atoms with Crippen molar-refractivity contribution >= 4 is 5.97 Å². The lowest BCUT2D eigenvalue weighted by Gasteiger charge is -2.30. The Morgan fingerprint density at radius 1 is 1.50 bits per heavy atom. The third-order valence-electron chi connectivity index (χ3n) is 2.64. The first-order chi connectivity index (χ1) is 6.76. The van der Waals surface area contributed by atoms with Crippen LogP contribution >= 0.6 is 0 Å². The van der Waals surface area contributed by atoms with Crippen molar-refractivity contribution in [2.75, 3.05) is 20.3 Å². The van der Waals surface area contributed by atoms with Crippen LogP contribution in [-0.2, 0) is 19.0 Å². The Kier molecular flexibility index (Phi) is 2.56.